The average molecular weight is 442 g/mol. The Balaban J connectivity index is 2.27. The summed E-state index contributed by atoms with van der Waals surface area (Å²) >= 11 is 0. The second-order valence-electron chi connectivity index (χ2n) is 8.30. The summed E-state index contributed by atoms with van der Waals surface area (Å²) in [4.78, 5) is 13.0. The lowest BCUT2D eigenvalue weighted by molar-refractivity contribution is 0.0946. The molecule has 1 aromatic carbocycles. The van der Waals surface area contributed by atoms with Crippen LogP contribution in [-0.2, 0) is 19.4 Å². The molecule has 1 aromatic heterocycles. The van der Waals surface area contributed by atoms with Crippen molar-refractivity contribution < 1.29 is 15.0 Å². The number of rotatable bonds is 12. The van der Waals surface area contributed by atoms with E-state index in [1.165, 1.54) is 5.57 Å². The number of nitrogens with one attached hydrogen (secondary N) is 2. The van der Waals surface area contributed by atoms with Crippen LogP contribution in [0.5, 0.6) is 11.5 Å². The number of aromatic hydroxyl groups is 2. The number of carbonyl (C=O) groups is 1. The zero-order valence-corrected chi connectivity index (χ0v) is 19.5. The van der Waals surface area contributed by atoms with Crippen LogP contribution < -0.4 is 5.32 Å². The number of benzene rings is 1. The van der Waals surface area contributed by atoms with Crippen LogP contribution in [0.3, 0.4) is 0 Å². The summed E-state index contributed by atoms with van der Waals surface area (Å²) in [6.45, 7) is 8.36. The van der Waals surface area contributed by atoms with Gasteiger partial charge in [0.1, 0.15) is 11.5 Å². The zero-order chi connectivity index (χ0) is 23.5. The molecule has 0 aliphatic heterocycles. The SMILES string of the molecule is CCCCCc1cc(O)c(CC=C(C)CCC=C(C)C)c(O)c1C(=O)NCc1nn[nH]n1. The molecule has 0 unspecified atom stereocenters. The molecule has 4 N–H and O–H groups in total. The number of aromatic nitrogens is 4. The molecule has 0 aliphatic carbocycles. The van der Waals surface area contributed by atoms with Gasteiger partial charge in [0.2, 0.25) is 0 Å². The van der Waals surface area contributed by atoms with Gasteiger partial charge in [0.05, 0.1) is 12.1 Å². The molecule has 174 valence electrons. The van der Waals surface area contributed by atoms with Gasteiger partial charge in [-0.3, -0.25) is 4.79 Å². The van der Waals surface area contributed by atoms with Gasteiger partial charge < -0.3 is 15.5 Å². The Labute approximate surface area is 189 Å². The second kappa shape index (κ2) is 12.6. The van der Waals surface area contributed by atoms with Crippen LogP contribution in [0.15, 0.2) is 29.4 Å². The van der Waals surface area contributed by atoms with Crippen molar-refractivity contribution in [3.63, 3.8) is 0 Å². The summed E-state index contributed by atoms with van der Waals surface area (Å²) in [7, 11) is 0. The van der Waals surface area contributed by atoms with Gasteiger partial charge in [0.25, 0.3) is 5.91 Å². The molecule has 2 aromatic rings. The Morgan fingerprint density at radius 3 is 2.62 bits per heavy atom. The molecule has 0 bridgehead atoms. The van der Waals surface area contributed by atoms with Crippen LogP contribution in [0.1, 0.15) is 87.1 Å². The van der Waals surface area contributed by atoms with Crippen LogP contribution in [0.25, 0.3) is 0 Å². The largest absolute Gasteiger partial charge is 0.508 e. The number of hydrogen-bond acceptors (Lipinski definition) is 6. The fraction of sp³-hybridized carbons (Fsp3) is 0.500. The van der Waals surface area contributed by atoms with Crippen molar-refractivity contribution in [2.24, 2.45) is 0 Å². The van der Waals surface area contributed by atoms with Crippen molar-refractivity contribution in [1.82, 2.24) is 25.9 Å². The summed E-state index contributed by atoms with van der Waals surface area (Å²) in [6, 6.07) is 1.61. The smallest absolute Gasteiger partial charge is 0.255 e. The number of aryl methyl sites for hydroxylation is 1. The average Bonchev–Trinajstić information content (AvgIpc) is 3.25. The van der Waals surface area contributed by atoms with Gasteiger partial charge in [-0.1, -0.05) is 48.3 Å². The van der Waals surface area contributed by atoms with Crippen molar-refractivity contribution >= 4 is 5.91 Å². The minimum absolute atomic E-state index is 0.0112. The van der Waals surface area contributed by atoms with Gasteiger partial charge in [-0.15, -0.1) is 10.2 Å². The van der Waals surface area contributed by atoms with Crippen molar-refractivity contribution in [2.45, 2.75) is 79.2 Å². The number of nitrogens with zero attached hydrogens (tertiary/aromatic N) is 3. The van der Waals surface area contributed by atoms with Crippen LogP contribution in [0.4, 0.5) is 0 Å². The molecule has 0 radical (unpaired) electrons. The van der Waals surface area contributed by atoms with E-state index in [1.54, 1.807) is 6.07 Å². The Bertz CT molecular complexity index is 945. The first-order valence-electron chi connectivity index (χ1n) is 11.2. The molecule has 32 heavy (non-hydrogen) atoms. The summed E-state index contributed by atoms with van der Waals surface area (Å²) in [5.74, 6) is -0.240. The number of amides is 1. The predicted molar refractivity (Wildman–Crippen MR) is 124 cm³/mol. The van der Waals surface area contributed by atoms with Crippen molar-refractivity contribution in [2.75, 3.05) is 0 Å². The summed E-state index contributed by atoms with van der Waals surface area (Å²) in [6.07, 6.45) is 9.87. The molecule has 8 heteroatoms. The zero-order valence-electron chi connectivity index (χ0n) is 19.5. The molecule has 2 rings (SSSR count). The molecule has 0 atom stereocenters. The topological polar surface area (TPSA) is 124 Å². The maximum absolute atomic E-state index is 13.0. The number of allylic oxidation sites excluding steroid dienone is 4. The van der Waals surface area contributed by atoms with Crippen molar-refractivity contribution in [1.29, 1.82) is 0 Å². The standard InChI is InChI=1S/C24H35N5O3/c1-5-6-7-11-18-14-20(30)19(13-12-17(4)10-8-9-16(2)3)23(31)22(18)24(32)25-15-21-26-28-29-27-21/h9,12,14,30-31H,5-8,10-11,13,15H2,1-4H3,(H,25,32)(H,26,27,28,29). The fourth-order valence-electron chi connectivity index (χ4n) is 3.44. The minimum atomic E-state index is -0.427. The van der Waals surface area contributed by atoms with Crippen molar-refractivity contribution in [3.8, 4) is 11.5 Å². The number of unbranched alkanes of at least 4 members (excludes halogenated alkanes) is 2. The van der Waals surface area contributed by atoms with E-state index in [0.29, 0.717) is 29.8 Å². The summed E-state index contributed by atoms with van der Waals surface area (Å²) < 4.78 is 0. The summed E-state index contributed by atoms with van der Waals surface area (Å²) in [5, 5.41) is 37.8. The number of aromatic amines is 1. The highest BCUT2D eigenvalue weighted by Crippen LogP contribution is 2.35. The van der Waals surface area contributed by atoms with E-state index < -0.39 is 5.91 Å². The molecule has 1 heterocycles. The molecular formula is C24H35N5O3. The van der Waals surface area contributed by atoms with Gasteiger partial charge in [-0.25, -0.2) is 0 Å². The van der Waals surface area contributed by atoms with Crippen molar-refractivity contribution in [3.05, 3.63) is 51.9 Å². The monoisotopic (exact) mass is 441 g/mol. The highest BCUT2D eigenvalue weighted by atomic mass is 16.3. The Morgan fingerprint density at radius 1 is 1.19 bits per heavy atom. The van der Waals surface area contributed by atoms with E-state index >= 15 is 0 Å². The maximum Gasteiger partial charge on any atom is 0.255 e. The van der Waals surface area contributed by atoms with E-state index in [2.05, 4.69) is 52.8 Å². The second-order valence-corrected chi connectivity index (χ2v) is 8.30. The Hall–Kier alpha value is -3.16. The number of tetrazole rings is 1. The van der Waals surface area contributed by atoms with E-state index in [9.17, 15) is 15.0 Å². The molecule has 0 aliphatic rings. The number of phenolic OH excluding ortho intramolecular Hbond substituents is 2. The lowest BCUT2D eigenvalue weighted by Gasteiger charge is -2.16. The van der Waals surface area contributed by atoms with Gasteiger partial charge in [0.15, 0.2) is 5.82 Å². The molecule has 0 fully saturated rings. The quantitative estimate of drug-likeness (QED) is 0.284. The molecule has 0 saturated carbocycles. The molecular weight excluding hydrogens is 406 g/mol. The minimum Gasteiger partial charge on any atom is -0.508 e. The van der Waals surface area contributed by atoms with E-state index in [1.807, 2.05) is 13.0 Å². The normalized spacial score (nSPS) is 11.4. The van der Waals surface area contributed by atoms with Gasteiger partial charge in [-0.2, -0.15) is 5.21 Å². The van der Waals surface area contributed by atoms with E-state index in [0.717, 1.165) is 37.7 Å². The van der Waals surface area contributed by atoms with Crippen LogP contribution >= 0.6 is 0 Å². The van der Waals surface area contributed by atoms with Crippen LogP contribution in [0, 0.1) is 0 Å². The summed E-state index contributed by atoms with van der Waals surface area (Å²) in [5.41, 5.74) is 3.63. The molecule has 0 spiro atoms. The lowest BCUT2D eigenvalue weighted by atomic mass is 9.94. The third-order valence-electron chi connectivity index (χ3n) is 5.28. The molecule has 8 nitrogen and oxygen atoms in total. The van der Waals surface area contributed by atoms with Gasteiger partial charge in [0, 0.05) is 5.56 Å². The highest BCUT2D eigenvalue weighted by molar-refractivity contribution is 5.99. The highest BCUT2D eigenvalue weighted by Gasteiger charge is 2.22. The number of carbonyl (C=O) groups excluding carboxylic acids is 1. The van der Waals surface area contributed by atoms with E-state index in [-0.39, 0.29) is 23.6 Å². The third kappa shape index (κ3) is 7.51. The fourth-order valence-corrected chi connectivity index (χ4v) is 3.44. The van der Waals surface area contributed by atoms with Crippen LogP contribution in [0.2, 0.25) is 0 Å². The van der Waals surface area contributed by atoms with Gasteiger partial charge >= 0.3 is 0 Å². The number of H-pyrrole nitrogens is 1. The molecule has 1 amide bonds. The Kier molecular flexibility index (Phi) is 9.91. The first-order valence-corrected chi connectivity index (χ1v) is 11.2. The van der Waals surface area contributed by atoms with Crippen LogP contribution in [-0.4, -0.2) is 36.7 Å². The number of phenols is 2. The molecule has 0 saturated heterocycles. The first kappa shape index (κ1) is 25.1. The number of hydrogen-bond donors (Lipinski definition) is 4. The van der Waals surface area contributed by atoms with E-state index in [4.69, 9.17) is 0 Å². The first-order chi connectivity index (χ1) is 15.3. The third-order valence-corrected chi connectivity index (χ3v) is 5.28. The predicted octanol–water partition coefficient (Wildman–Crippen LogP) is 4.51. The maximum atomic E-state index is 13.0. The lowest BCUT2D eigenvalue weighted by Crippen LogP contribution is -2.25. The van der Waals surface area contributed by atoms with Gasteiger partial charge in [-0.05, 0) is 64.5 Å². The Morgan fingerprint density at radius 2 is 1.97 bits per heavy atom.